The Hall–Kier alpha value is -0.550. The van der Waals surface area contributed by atoms with Crippen molar-refractivity contribution in [1.82, 2.24) is 10.5 Å². The first-order valence-corrected chi connectivity index (χ1v) is 6.89. The molecular formula is C11H12Cl2N2OS. The lowest BCUT2D eigenvalue weighted by Gasteiger charge is -1.96. The van der Waals surface area contributed by atoms with Gasteiger partial charge in [0.05, 0.1) is 15.6 Å². The number of hydrogen-bond donors (Lipinski definition) is 1. The molecule has 0 amide bonds. The normalized spacial score (nSPS) is 11.0. The van der Waals surface area contributed by atoms with Crippen molar-refractivity contribution in [3.05, 3.63) is 26.5 Å². The summed E-state index contributed by atoms with van der Waals surface area (Å²) in [6.45, 7) is 3.79. The first-order valence-electron chi connectivity index (χ1n) is 5.32. The summed E-state index contributed by atoms with van der Waals surface area (Å²) in [5.41, 5.74) is 1.67. The van der Waals surface area contributed by atoms with Crippen molar-refractivity contribution in [2.24, 2.45) is 0 Å². The summed E-state index contributed by atoms with van der Waals surface area (Å²) in [5.74, 6) is 0.659. The molecule has 2 heterocycles. The number of halogens is 2. The van der Waals surface area contributed by atoms with E-state index in [-0.39, 0.29) is 0 Å². The van der Waals surface area contributed by atoms with Crippen molar-refractivity contribution in [3.63, 3.8) is 0 Å². The van der Waals surface area contributed by atoms with Gasteiger partial charge in [-0.2, -0.15) is 0 Å². The highest BCUT2D eigenvalue weighted by molar-refractivity contribution is 7.20. The smallest absolute Gasteiger partial charge is 0.169 e. The summed E-state index contributed by atoms with van der Waals surface area (Å²) < 4.78 is 6.52. The van der Waals surface area contributed by atoms with Crippen LogP contribution >= 0.6 is 34.5 Å². The van der Waals surface area contributed by atoms with Crippen LogP contribution in [0.5, 0.6) is 0 Å². The molecule has 0 saturated heterocycles. The Labute approximate surface area is 114 Å². The van der Waals surface area contributed by atoms with Crippen molar-refractivity contribution in [2.75, 3.05) is 6.54 Å². The number of nitrogens with one attached hydrogen (secondary N) is 1. The SMILES string of the molecule is CCCNCc1cc(-c2cc(Cl)sc2Cl)on1. The van der Waals surface area contributed by atoms with Gasteiger partial charge in [0.25, 0.3) is 0 Å². The van der Waals surface area contributed by atoms with Gasteiger partial charge >= 0.3 is 0 Å². The molecule has 3 nitrogen and oxygen atoms in total. The summed E-state index contributed by atoms with van der Waals surface area (Å²) in [7, 11) is 0. The Balaban J connectivity index is 2.10. The fourth-order valence-corrected chi connectivity index (χ4v) is 2.90. The van der Waals surface area contributed by atoms with E-state index in [2.05, 4.69) is 17.4 Å². The van der Waals surface area contributed by atoms with Crippen molar-refractivity contribution in [2.45, 2.75) is 19.9 Å². The van der Waals surface area contributed by atoms with Gasteiger partial charge in [-0.1, -0.05) is 35.3 Å². The summed E-state index contributed by atoms with van der Waals surface area (Å²) in [4.78, 5) is 0. The van der Waals surface area contributed by atoms with E-state index in [1.54, 1.807) is 6.07 Å². The Morgan fingerprint density at radius 2 is 2.24 bits per heavy atom. The molecule has 2 rings (SSSR count). The first-order chi connectivity index (χ1) is 8.20. The van der Waals surface area contributed by atoms with E-state index in [1.807, 2.05) is 6.07 Å². The maximum absolute atomic E-state index is 6.05. The number of rotatable bonds is 5. The van der Waals surface area contributed by atoms with Gasteiger partial charge in [0.2, 0.25) is 0 Å². The third-order valence-corrected chi connectivity index (χ3v) is 3.70. The molecule has 0 saturated carbocycles. The highest BCUT2D eigenvalue weighted by atomic mass is 35.5. The molecule has 0 radical (unpaired) electrons. The second kappa shape index (κ2) is 5.87. The van der Waals surface area contributed by atoms with E-state index in [9.17, 15) is 0 Å². The van der Waals surface area contributed by atoms with Crippen LogP contribution in [0.4, 0.5) is 0 Å². The molecule has 2 aromatic rings. The van der Waals surface area contributed by atoms with Gasteiger partial charge in [-0.15, -0.1) is 11.3 Å². The molecule has 0 aliphatic heterocycles. The zero-order chi connectivity index (χ0) is 12.3. The third kappa shape index (κ3) is 3.22. The summed E-state index contributed by atoms with van der Waals surface area (Å²) in [6, 6.07) is 3.67. The molecule has 0 fully saturated rings. The van der Waals surface area contributed by atoms with Gasteiger partial charge in [0.15, 0.2) is 5.76 Å². The van der Waals surface area contributed by atoms with Crippen molar-refractivity contribution in [1.29, 1.82) is 0 Å². The molecule has 17 heavy (non-hydrogen) atoms. The lowest BCUT2D eigenvalue weighted by Crippen LogP contribution is -2.13. The van der Waals surface area contributed by atoms with Crippen LogP contribution in [0.25, 0.3) is 11.3 Å². The molecule has 0 unspecified atom stereocenters. The van der Waals surface area contributed by atoms with E-state index in [0.29, 0.717) is 21.0 Å². The fraction of sp³-hybridized carbons (Fsp3) is 0.364. The van der Waals surface area contributed by atoms with Gasteiger partial charge in [-0.3, -0.25) is 0 Å². The molecule has 0 aromatic carbocycles. The molecule has 2 aromatic heterocycles. The van der Waals surface area contributed by atoms with E-state index in [4.69, 9.17) is 27.7 Å². The van der Waals surface area contributed by atoms with Crippen LogP contribution in [-0.2, 0) is 6.54 Å². The largest absolute Gasteiger partial charge is 0.356 e. The van der Waals surface area contributed by atoms with Crippen molar-refractivity contribution < 1.29 is 4.52 Å². The fourth-order valence-electron chi connectivity index (χ4n) is 1.42. The molecule has 0 aliphatic carbocycles. The van der Waals surface area contributed by atoms with Gasteiger partial charge in [0.1, 0.15) is 4.34 Å². The minimum Gasteiger partial charge on any atom is -0.356 e. The van der Waals surface area contributed by atoms with E-state index < -0.39 is 0 Å². The zero-order valence-electron chi connectivity index (χ0n) is 9.30. The Bertz CT molecular complexity index is 495. The monoisotopic (exact) mass is 290 g/mol. The summed E-state index contributed by atoms with van der Waals surface area (Å²) in [6.07, 6.45) is 1.09. The predicted octanol–water partition coefficient (Wildman–Crippen LogP) is 4.21. The minimum absolute atomic E-state index is 0.624. The molecule has 0 bridgehead atoms. The van der Waals surface area contributed by atoms with Gasteiger partial charge < -0.3 is 9.84 Å². The molecule has 6 heteroatoms. The van der Waals surface area contributed by atoms with Crippen LogP contribution in [0.1, 0.15) is 19.0 Å². The number of aromatic nitrogens is 1. The quantitative estimate of drug-likeness (QED) is 0.839. The number of thiophene rings is 1. The average Bonchev–Trinajstić information content (AvgIpc) is 2.86. The standard InChI is InChI=1S/C11H12Cl2N2OS/c1-2-3-14-6-7-4-9(16-15-7)8-5-10(12)17-11(8)13/h4-5,14H,2-3,6H2,1H3. The topological polar surface area (TPSA) is 38.1 Å². The van der Waals surface area contributed by atoms with Crippen LogP contribution in [0.2, 0.25) is 8.67 Å². The molecule has 1 N–H and O–H groups in total. The molecule has 92 valence electrons. The zero-order valence-corrected chi connectivity index (χ0v) is 11.6. The lowest BCUT2D eigenvalue weighted by atomic mass is 10.2. The molecule has 0 spiro atoms. The first kappa shape index (κ1) is 12.9. The van der Waals surface area contributed by atoms with Crippen LogP contribution in [0.15, 0.2) is 16.7 Å². The molecule has 0 aliphatic rings. The number of nitrogens with zero attached hydrogens (tertiary/aromatic N) is 1. The third-order valence-electron chi connectivity index (χ3n) is 2.21. The van der Waals surface area contributed by atoms with Crippen LogP contribution in [-0.4, -0.2) is 11.7 Å². The molecule has 0 atom stereocenters. The van der Waals surface area contributed by atoms with Crippen molar-refractivity contribution in [3.8, 4) is 11.3 Å². The Morgan fingerprint density at radius 1 is 1.41 bits per heavy atom. The maximum atomic E-state index is 6.05. The predicted molar refractivity (Wildman–Crippen MR) is 71.8 cm³/mol. The van der Waals surface area contributed by atoms with Crippen LogP contribution in [0.3, 0.4) is 0 Å². The second-order valence-electron chi connectivity index (χ2n) is 3.60. The van der Waals surface area contributed by atoms with Crippen LogP contribution in [0, 0.1) is 0 Å². The van der Waals surface area contributed by atoms with E-state index in [1.165, 1.54) is 11.3 Å². The lowest BCUT2D eigenvalue weighted by molar-refractivity contribution is 0.420. The van der Waals surface area contributed by atoms with Crippen LogP contribution < -0.4 is 5.32 Å². The Kier molecular flexibility index (Phi) is 4.45. The van der Waals surface area contributed by atoms with E-state index in [0.717, 1.165) is 24.2 Å². The summed E-state index contributed by atoms with van der Waals surface area (Å²) in [5, 5.41) is 7.24. The van der Waals surface area contributed by atoms with E-state index >= 15 is 0 Å². The Morgan fingerprint density at radius 3 is 2.88 bits per heavy atom. The highest BCUT2D eigenvalue weighted by Gasteiger charge is 2.13. The van der Waals surface area contributed by atoms with Gasteiger partial charge in [-0.05, 0) is 19.0 Å². The van der Waals surface area contributed by atoms with Gasteiger partial charge in [-0.25, -0.2) is 0 Å². The summed E-state index contributed by atoms with van der Waals surface area (Å²) >= 11 is 13.3. The minimum atomic E-state index is 0.624. The van der Waals surface area contributed by atoms with Gasteiger partial charge in [0, 0.05) is 12.6 Å². The van der Waals surface area contributed by atoms with Crippen molar-refractivity contribution >= 4 is 34.5 Å². The average molecular weight is 291 g/mol. The highest BCUT2D eigenvalue weighted by Crippen LogP contribution is 2.38. The maximum Gasteiger partial charge on any atom is 0.169 e. The number of hydrogen-bond acceptors (Lipinski definition) is 4. The molecular weight excluding hydrogens is 279 g/mol. The second-order valence-corrected chi connectivity index (χ2v) is 5.88.